The number of tetrazole rings is 1. The molecule has 2 aromatic heterocycles. The summed E-state index contributed by atoms with van der Waals surface area (Å²) in [5.74, 6) is 2.01. The van der Waals surface area contributed by atoms with E-state index in [1.54, 1.807) is 10.9 Å². The van der Waals surface area contributed by atoms with Crippen molar-refractivity contribution in [2.45, 2.75) is 36.4 Å². The molecule has 1 atom stereocenters. The first-order valence-corrected chi connectivity index (χ1v) is 8.88. The van der Waals surface area contributed by atoms with E-state index in [0.29, 0.717) is 18.2 Å². The SMILES string of the molecule is c1ccc(-c2cnc(CSc3nnnn3C[C@H]3CCCO3)o2)cc1. The number of oxazole rings is 1. The summed E-state index contributed by atoms with van der Waals surface area (Å²) in [5.41, 5.74) is 1.02. The number of benzene rings is 1. The van der Waals surface area contributed by atoms with Gasteiger partial charge in [0, 0.05) is 12.2 Å². The maximum absolute atomic E-state index is 5.81. The summed E-state index contributed by atoms with van der Waals surface area (Å²) in [6.45, 7) is 1.52. The lowest BCUT2D eigenvalue weighted by Crippen LogP contribution is -2.16. The summed E-state index contributed by atoms with van der Waals surface area (Å²) in [6, 6.07) is 9.93. The fourth-order valence-electron chi connectivity index (χ4n) is 2.63. The van der Waals surface area contributed by atoms with E-state index in [2.05, 4.69) is 20.5 Å². The molecule has 0 saturated carbocycles. The van der Waals surface area contributed by atoms with Crippen LogP contribution in [0, 0.1) is 0 Å². The summed E-state index contributed by atoms with van der Waals surface area (Å²) in [5, 5.41) is 12.6. The lowest BCUT2D eigenvalue weighted by Gasteiger charge is -2.09. The minimum absolute atomic E-state index is 0.208. The van der Waals surface area contributed by atoms with Crippen molar-refractivity contribution in [1.29, 1.82) is 0 Å². The van der Waals surface area contributed by atoms with Crippen LogP contribution in [0.5, 0.6) is 0 Å². The number of hydrogen-bond donors (Lipinski definition) is 0. The van der Waals surface area contributed by atoms with Crippen LogP contribution in [0.4, 0.5) is 0 Å². The van der Waals surface area contributed by atoms with Gasteiger partial charge < -0.3 is 9.15 Å². The number of thioether (sulfide) groups is 1. The molecular weight excluding hydrogens is 326 g/mol. The van der Waals surface area contributed by atoms with Crippen LogP contribution < -0.4 is 0 Å². The zero-order chi connectivity index (χ0) is 16.2. The van der Waals surface area contributed by atoms with E-state index in [1.807, 2.05) is 30.3 Å². The summed E-state index contributed by atoms with van der Waals surface area (Å²) in [6.07, 6.45) is 4.12. The van der Waals surface area contributed by atoms with Gasteiger partial charge in [-0.15, -0.1) is 5.10 Å². The number of ether oxygens (including phenoxy) is 1. The second kappa shape index (κ2) is 7.14. The van der Waals surface area contributed by atoms with E-state index in [1.165, 1.54) is 11.8 Å². The summed E-state index contributed by atoms with van der Waals surface area (Å²) >= 11 is 1.51. The van der Waals surface area contributed by atoms with Gasteiger partial charge in [-0.2, -0.15) is 0 Å². The summed E-state index contributed by atoms with van der Waals surface area (Å²) in [7, 11) is 0. The molecule has 3 heterocycles. The number of aromatic nitrogens is 5. The third-order valence-corrected chi connectivity index (χ3v) is 4.78. The molecular formula is C16H17N5O2S. The van der Waals surface area contributed by atoms with Gasteiger partial charge in [0.2, 0.25) is 11.0 Å². The van der Waals surface area contributed by atoms with E-state index in [9.17, 15) is 0 Å². The van der Waals surface area contributed by atoms with Gasteiger partial charge >= 0.3 is 0 Å². The van der Waals surface area contributed by atoms with Crippen LogP contribution in [0.3, 0.4) is 0 Å². The van der Waals surface area contributed by atoms with Crippen molar-refractivity contribution in [1.82, 2.24) is 25.2 Å². The van der Waals surface area contributed by atoms with E-state index in [4.69, 9.17) is 9.15 Å². The van der Waals surface area contributed by atoms with Gasteiger partial charge in [0.05, 0.1) is 24.6 Å². The molecule has 7 nitrogen and oxygen atoms in total. The minimum atomic E-state index is 0.208. The van der Waals surface area contributed by atoms with Crippen LogP contribution >= 0.6 is 11.8 Å². The average Bonchev–Trinajstić information content (AvgIpc) is 3.37. The van der Waals surface area contributed by atoms with Crippen LogP contribution in [-0.2, 0) is 17.0 Å². The van der Waals surface area contributed by atoms with Crippen molar-refractivity contribution in [3.05, 3.63) is 42.4 Å². The maximum Gasteiger partial charge on any atom is 0.209 e. The van der Waals surface area contributed by atoms with Gasteiger partial charge in [-0.1, -0.05) is 42.1 Å². The molecule has 0 bridgehead atoms. The molecule has 124 valence electrons. The first-order valence-electron chi connectivity index (χ1n) is 7.89. The second-order valence-corrected chi connectivity index (χ2v) is 6.49. The Morgan fingerprint density at radius 3 is 3.00 bits per heavy atom. The fourth-order valence-corrected chi connectivity index (χ4v) is 3.38. The molecule has 8 heteroatoms. The monoisotopic (exact) mass is 343 g/mol. The molecule has 1 aromatic carbocycles. The highest BCUT2D eigenvalue weighted by Crippen LogP contribution is 2.25. The van der Waals surface area contributed by atoms with Crippen molar-refractivity contribution in [3.8, 4) is 11.3 Å². The number of hydrogen-bond acceptors (Lipinski definition) is 7. The van der Waals surface area contributed by atoms with Gasteiger partial charge in [-0.05, 0) is 23.3 Å². The smallest absolute Gasteiger partial charge is 0.209 e. The molecule has 1 fully saturated rings. The Kier molecular flexibility index (Phi) is 4.57. The largest absolute Gasteiger partial charge is 0.440 e. The molecule has 4 rings (SSSR count). The van der Waals surface area contributed by atoms with Crippen LogP contribution in [0.1, 0.15) is 18.7 Å². The highest BCUT2D eigenvalue weighted by molar-refractivity contribution is 7.98. The van der Waals surface area contributed by atoms with Gasteiger partial charge in [0.15, 0.2) is 5.76 Å². The van der Waals surface area contributed by atoms with Gasteiger partial charge in [-0.3, -0.25) is 0 Å². The fraction of sp³-hybridized carbons (Fsp3) is 0.375. The van der Waals surface area contributed by atoms with Gasteiger partial charge in [0.1, 0.15) is 0 Å². The zero-order valence-electron chi connectivity index (χ0n) is 13.0. The lowest BCUT2D eigenvalue weighted by molar-refractivity contribution is 0.0912. The first-order chi connectivity index (χ1) is 11.9. The Balaban J connectivity index is 1.39. The molecule has 3 aromatic rings. The highest BCUT2D eigenvalue weighted by Gasteiger charge is 2.19. The van der Waals surface area contributed by atoms with Crippen LogP contribution in [0.25, 0.3) is 11.3 Å². The van der Waals surface area contributed by atoms with Gasteiger partial charge in [0.25, 0.3) is 0 Å². The number of rotatable bonds is 6. The molecule has 1 aliphatic rings. The van der Waals surface area contributed by atoms with Gasteiger partial charge in [-0.25, -0.2) is 9.67 Å². The Morgan fingerprint density at radius 1 is 1.25 bits per heavy atom. The normalized spacial score (nSPS) is 17.4. The van der Waals surface area contributed by atoms with Crippen molar-refractivity contribution in [2.24, 2.45) is 0 Å². The molecule has 0 unspecified atom stereocenters. The third kappa shape index (κ3) is 3.49. The van der Waals surface area contributed by atoms with E-state index in [0.717, 1.165) is 35.9 Å². The van der Waals surface area contributed by atoms with E-state index >= 15 is 0 Å². The molecule has 0 amide bonds. The van der Waals surface area contributed by atoms with E-state index < -0.39 is 0 Å². The predicted octanol–water partition coefficient (Wildman–Crippen LogP) is 2.80. The first kappa shape index (κ1) is 15.3. The van der Waals surface area contributed by atoms with Crippen molar-refractivity contribution in [3.63, 3.8) is 0 Å². The minimum Gasteiger partial charge on any atom is -0.440 e. The topological polar surface area (TPSA) is 78.9 Å². The zero-order valence-corrected chi connectivity index (χ0v) is 13.9. The Hall–Kier alpha value is -2.19. The molecule has 1 saturated heterocycles. The average molecular weight is 343 g/mol. The molecule has 0 radical (unpaired) electrons. The number of nitrogens with zero attached hydrogens (tertiary/aromatic N) is 5. The molecule has 1 aliphatic heterocycles. The van der Waals surface area contributed by atoms with Crippen molar-refractivity contribution >= 4 is 11.8 Å². The molecule has 0 aliphatic carbocycles. The van der Waals surface area contributed by atoms with Crippen LogP contribution in [-0.4, -0.2) is 37.9 Å². The second-order valence-electron chi connectivity index (χ2n) is 5.55. The molecule has 0 spiro atoms. The Bertz CT molecular complexity index is 783. The molecule has 0 N–H and O–H groups in total. The van der Waals surface area contributed by atoms with Crippen LogP contribution in [0.2, 0.25) is 0 Å². The Labute approximate surface area is 143 Å². The maximum atomic E-state index is 5.81. The van der Waals surface area contributed by atoms with Crippen molar-refractivity contribution < 1.29 is 9.15 Å². The van der Waals surface area contributed by atoms with Crippen molar-refractivity contribution in [2.75, 3.05) is 6.61 Å². The lowest BCUT2D eigenvalue weighted by atomic mass is 10.2. The highest BCUT2D eigenvalue weighted by atomic mass is 32.2. The standard InChI is InChI=1S/C16H17N5O2S/c1-2-5-12(6-3-1)14-9-17-15(23-14)11-24-16-18-19-20-21(16)10-13-7-4-8-22-13/h1-3,5-6,9,13H,4,7-8,10-11H2/t13-/m1/s1. The van der Waals surface area contributed by atoms with E-state index in [-0.39, 0.29) is 6.10 Å². The third-order valence-electron chi connectivity index (χ3n) is 3.84. The molecule has 24 heavy (non-hydrogen) atoms. The Morgan fingerprint density at radius 2 is 2.17 bits per heavy atom. The van der Waals surface area contributed by atoms with Crippen LogP contribution in [0.15, 0.2) is 46.1 Å². The summed E-state index contributed by atoms with van der Waals surface area (Å²) in [4.78, 5) is 4.33. The predicted molar refractivity (Wildman–Crippen MR) is 88.3 cm³/mol. The summed E-state index contributed by atoms with van der Waals surface area (Å²) < 4.78 is 13.2. The quantitative estimate of drug-likeness (QED) is 0.637.